The van der Waals surface area contributed by atoms with Crippen LogP contribution in [0.4, 0.5) is 0 Å². The van der Waals surface area contributed by atoms with Crippen molar-refractivity contribution < 1.29 is 0 Å². The highest BCUT2D eigenvalue weighted by atomic mass is 14.3. The number of hydrogen-bond acceptors (Lipinski definition) is 0. The quantitative estimate of drug-likeness (QED) is 0.232. The predicted molar refractivity (Wildman–Crippen MR) is 134 cm³/mol. The summed E-state index contributed by atoms with van der Waals surface area (Å²) in [4.78, 5) is 0. The van der Waals surface area contributed by atoms with Crippen molar-refractivity contribution in [3.8, 4) is 0 Å². The maximum atomic E-state index is 2.43. The minimum absolute atomic E-state index is 0.0395. The zero-order valence-electron chi connectivity index (χ0n) is 18.9. The van der Waals surface area contributed by atoms with E-state index in [4.69, 9.17) is 0 Å². The third kappa shape index (κ3) is 2.89. The second-order valence-corrected chi connectivity index (χ2v) is 10.7. The van der Waals surface area contributed by atoms with E-state index < -0.39 is 0 Å². The molecule has 0 amide bonds. The van der Waals surface area contributed by atoms with E-state index in [1.54, 1.807) is 0 Å². The highest BCUT2D eigenvalue weighted by molar-refractivity contribution is 6.14. The molecule has 0 radical (unpaired) electrons. The molecule has 0 aliphatic carbocycles. The fraction of sp³-hybridized carbons (Fsp3) is 0.267. The fourth-order valence-corrected chi connectivity index (χ4v) is 5.21. The van der Waals surface area contributed by atoms with Crippen molar-refractivity contribution in [3.05, 3.63) is 83.9 Å². The van der Waals surface area contributed by atoms with E-state index in [0.29, 0.717) is 0 Å². The molecule has 0 bridgehead atoms. The number of hydrogen-bond donors (Lipinski definition) is 0. The van der Waals surface area contributed by atoms with Crippen LogP contribution in [0.5, 0.6) is 0 Å². The third-order valence-corrected chi connectivity index (χ3v) is 6.35. The molecule has 150 valence electrons. The van der Waals surface area contributed by atoms with Gasteiger partial charge in [-0.25, -0.2) is 0 Å². The predicted octanol–water partition coefficient (Wildman–Crippen LogP) is 8.89. The second-order valence-electron chi connectivity index (χ2n) is 10.7. The van der Waals surface area contributed by atoms with Gasteiger partial charge in [-0.3, -0.25) is 0 Å². The molecule has 30 heavy (non-hydrogen) atoms. The number of fused-ring (bicyclic) bond motifs is 4. The van der Waals surface area contributed by atoms with Crippen LogP contribution in [0, 0.1) is 0 Å². The van der Waals surface area contributed by atoms with Gasteiger partial charge in [-0.05, 0) is 89.3 Å². The Kier molecular flexibility index (Phi) is 4.03. The minimum Gasteiger partial charge on any atom is -0.0616 e. The van der Waals surface area contributed by atoms with Gasteiger partial charge in [0.15, 0.2) is 0 Å². The first kappa shape index (κ1) is 19.1. The van der Waals surface area contributed by atoms with Crippen LogP contribution in [0.25, 0.3) is 43.1 Å². The molecule has 0 unspecified atom stereocenters. The lowest BCUT2D eigenvalue weighted by Gasteiger charge is -2.31. The smallest absolute Gasteiger partial charge is 0.0120 e. The summed E-state index contributed by atoms with van der Waals surface area (Å²) in [6, 6.07) is 27.2. The average Bonchev–Trinajstić information content (AvgIpc) is 2.67. The van der Waals surface area contributed by atoms with Gasteiger partial charge in [-0.15, -0.1) is 0 Å². The average molecular weight is 391 g/mol. The maximum Gasteiger partial charge on any atom is -0.0120 e. The minimum atomic E-state index is 0.0395. The summed E-state index contributed by atoms with van der Waals surface area (Å²) in [5.74, 6) is 0. The highest BCUT2D eigenvalue weighted by Gasteiger charge is 2.27. The van der Waals surface area contributed by atoms with Crippen LogP contribution >= 0.6 is 0 Å². The Hall–Kier alpha value is -2.86. The van der Waals surface area contributed by atoms with Crippen molar-refractivity contribution >= 4 is 43.1 Å². The lowest BCUT2D eigenvalue weighted by molar-refractivity contribution is 0.593. The van der Waals surface area contributed by atoms with Crippen molar-refractivity contribution in [2.24, 2.45) is 0 Å². The molecule has 0 saturated heterocycles. The summed E-state index contributed by atoms with van der Waals surface area (Å²) in [6.07, 6.45) is 0. The molecular formula is C30H30. The summed E-state index contributed by atoms with van der Waals surface area (Å²) >= 11 is 0. The lowest BCUT2D eigenvalue weighted by atomic mass is 9.73. The monoisotopic (exact) mass is 390 g/mol. The van der Waals surface area contributed by atoms with Gasteiger partial charge >= 0.3 is 0 Å². The molecule has 0 aromatic heterocycles. The molecule has 0 saturated carbocycles. The highest BCUT2D eigenvalue weighted by Crippen LogP contribution is 2.45. The van der Waals surface area contributed by atoms with Gasteiger partial charge in [0, 0.05) is 0 Å². The van der Waals surface area contributed by atoms with Gasteiger partial charge in [0.05, 0.1) is 0 Å². The van der Waals surface area contributed by atoms with Crippen molar-refractivity contribution in [2.75, 3.05) is 0 Å². The van der Waals surface area contributed by atoms with Gasteiger partial charge in [0.2, 0.25) is 0 Å². The standard InChI is InChI=1S/C30H30/c1-29(2,3)27-23-15-19-11-7-9-13-21(19)17-25(23)28(30(4,5)6)26-18-22-14-10-8-12-20(22)16-24(26)27/h7-18H,1-6H3. The van der Waals surface area contributed by atoms with E-state index in [1.807, 2.05) is 0 Å². The van der Waals surface area contributed by atoms with E-state index in [9.17, 15) is 0 Å². The maximum absolute atomic E-state index is 2.43. The van der Waals surface area contributed by atoms with Crippen LogP contribution in [0.1, 0.15) is 52.7 Å². The molecule has 0 aliphatic heterocycles. The van der Waals surface area contributed by atoms with Gasteiger partial charge in [-0.2, -0.15) is 0 Å². The molecule has 5 aromatic rings. The Labute approximate surface area is 179 Å². The molecule has 0 nitrogen and oxygen atoms in total. The zero-order valence-corrected chi connectivity index (χ0v) is 18.9. The summed E-state index contributed by atoms with van der Waals surface area (Å²) in [6.45, 7) is 14.1. The van der Waals surface area contributed by atoms with Crippen LogP contribution in [-0.4, -0.2) is 0 Å². The molecule has 5 aromatic carbocycles. The Morgan fingerprint density at radius 2 is 0.633 bits per heavy atom. The molecule has 0 heteroatoms. The molecule has 5 rings (SSSR count). The van der Waals surface area contributed by atoms with Gasteiger partial charge in [0.25, 0.3) is 0 Å². The van der Waals surface area contributed by atoms with E-state index in [0.717, 1.165) is 0 Å². The van der Waals surface area contributed by atoms with E-state index in [-0.39, 0.29) is 10.8 Å². The zero-order chi connectivity index (χ0) is 21.3. The second kappa shape index (κ2) is 6.32. The third-order valence-electron chi connectivity index (χ3n) is 6.35. The van der Waals surface area contributed by atoms with E-state index >= 15 is 0 Å². The van der Waals surface area contributed by atoms with Crippen molar-refractivity contribution in [1.82, 2.24) is 0 Å². The van der Waals surface area contributed by atoms with Crippen molar-refractivity contribution in [1.29, 1.82) is 0 Å². The molecule has 0 aliphatic rings. The first-order chi connectivity index (χ1) is 14.1. The normalized spacial score (nSPS) is 13.0. The molecule has 0 atom stereocenters. The van der Waals surface area contributed by atoms with E-state index in [1.165, 1.54) is 54.2 Å². The molecule has 0 fully saturated rings. The summed E-state index contributed by atoms with van der Waals surface area (Å²) in [7, 11) is 0. The summed E-state index contributed by atoms with van der Waals surface area (Å²) in [5, 5.41) is 10.8. The Balaban J connectivity index is 2.14. The molecular weight excluding hydrogens is 360 g/mol. The largest absolute Gasteiger partial charge is 0.0616 e. The Morgan fingerprint density at radius 1 is 0.400 bits per heavy atom. The van der Waals surface area contributed by atoms with Gasteiger partial charge < -0.3 is 0 Å². The van der Waals surface area contributed by atoms with Crippen molar-refractivity contribution in [3.63, 3.8) is 0 Å². The molecule has 0 spiro atoms. The fourth-order valence-electron chi connectivity index (χ4n) is 5.21. The van der Waals surface area contributed by atoms with Gasteiger partial charge in [0.1, 0.15) is 0 Å². The van der Waals surface area contributed by atoms with Crippen LogP contribution in [0.15, 0.2) is 72.8 Å². The first-order valence-electron chi connectivity index (χ1n) is 11.0. The molecule has 0 N–H and O–H groups in total. The summed E-state index contributed by atoms with van der Waals surface area (Å²) < 4.78 is 0. The Bertz CT molecular complexity index is 1230. The Morgan fingerprint density at radius 3 is 0.833 bits per heavy atom. The number of rotatable bonds is 0. The first-order valence-corrected chi connectivity index (χ1v) is 11.0. The summed E-state index contributed by atoms with van der Waals surface area (Å²) in [5.41, 5.74) is 2.99. The van der Waals surface area contributed by atoms with Crippen LogP contribution in [0.3, 0.4) is 0 Å². The SMILES string of the molecule is CC(C)(C)c1c2cc3ccccc3cc2c(C(C)(C)C)c2cc3ccccc3cc12. The van der Waals surface area contributed by atoms with Crippen LogP contribution < -0.4 is 0 Å². The molecule has 0 heterocycles. The van der Waals surface area contributed by atoms with Crippen LogP contribution in [-0.2, 0) is 10.8 Å². The van der Waals surface area contributed by atoms with Crippen LogP contribution in [0.2, 0.25) is 0 Å². The lowest BCUT2D eigenvalue weighted by Crippen LogP contribution is -2.17. The van der Waals surface area contributed by atoms with Crippen molar-refractivity contribution in [2.45, 2.75) is 52.4 Å². The topological polar surface area (TPSA) is 0 Å². The van der Waals surface area contributed by atoms with E-state index in [2.05, 4.69) is 114 Å². The van der Waals surface area contributed by atoms with Gasteiger partial charge in [-0.1, -0.05) is 90.1 Å². The number of benzene rings is 5.